The van der Waals surface area contributed by atoms with Crippen LogP contribution in [0.1, 0.15) is 4.88 Å². The molecule has 0 aliphatic rings. The molecule has 2 N–H and O–H groups in total. The van der Waals surface area contributed by atoms with Crippen LogP contribution in [0.3, 0.4) is 0 Å². The molecule has 6 nitrogen and oxygen atoms in total. The lowest BCUT2D eigenvalue weighted by atomic mass is 10.2. The Morgan fingerprint density at radius 1 is 1.33 bits per heavy atom. The van der Waals surface area contributed by atoms with Crippen molar-refractivity contribution >= 4 is 27.4 Å². The average Bonchev–Trinajstić information content (AvgIpc) is 2.79. The second-order valence-electron chi connectivity index (χ2n) is 3.73. The van der Waals surface area contributed by atoms with Crippen molar-refractivity contribution in [3.63, 3.8) is 0 Å². The Morgan fingerprint density at radius 3 is 2.94 bits per heavy atom. The van der Waals surface area contributed by atoms with E-state index in [0.29, 0.717) is 22.6 Å². The van der Waals surface area contributed by atoms with Gasteiger partial charge in [-0.15, -0.1) is 16.4 Å². The first kappa shape index (κ1) is 10.8. The van der Waals surface area contributed by atoms with E-state index in [1.807, 2.05) is 6.07 Å². The number of thiazole rings is 1. The summed E-state index contributed by atoms with van der Waals surface area (Å²) in [7, 11) is 0. The molecule has 3 rings (SSSR count). The lowest BCUT2D eigenvalue weighted by molar-refractivity contribution is 0.605. The molecular weight excluding hydrogens is 250 g/mol. The summed E-state index contributed by atoms with van der Waals surface area (Å²) in [6, 6.07) is 7.13. The van der Waals surface area contributed by atoms with Gasteiger partial charge in [-0.1, -0.05) is 17.3 Å². The molecule has 0 amide bonds. The zero-order valence-corrected chi connectivity index (χ0v) is 10.1. The maximum Gasteiger partial charge on any atom is 0.277 e. The van der Waals surface area contributed by atoms with E-state index in [1.165, 1.54) is 16.0 Å². The highest BCUT2D eigenvalue weighted by molar-refractivity contribution is 7.15. The van der Waals surface area contributed by atoms with Crippen molar-refractivity contribution in [1.82, 2.24) is 20.0 Å². The summed E-state index contributed by atoms with van der Waals surface area (Å²) in [6.45, 7) is 0.339. The van der Waals surface area contributed by atoms with Crippen LogP contribution in [0.2, 0.25) is 0 Å². The van der Waals surface area contributed by atoms with Gasteiger partial charge in [-0.3, -0.25) is 4.79 Å². The van der Waals surface area contributed by atoms with E-state index in [9.17, 15) is 4.79 Å². The van der Waals surface area contributed by atoms with Gasteiger partial charge in [0.25, 0.3) is 5.56 Å². The van der Waals surface area contributed by atoms with Crippen molar-refractivity contribution in [2.75, 3.05) is 5.73 Å². The van der Waals surface area contributed by atoms with Gasteiger partial charge in [0.05, 0.1) is 11.9 Å². The van der Waals surface area contributed by atoms with E-state index in [2.05, 4.69) is 15.3 Å². The van der Waals surface area contributed by atoms with E-state index in [0.717, 1.165) is 4.88 Å². The molecule has 0 bridgehead atoms. The highest BCUT2D eigenvalue weighted by atomic mass is 32.1. The highest BCUT2D eigenvalue weighted by Gasteiger charge is 2.07. The molecule has 90 valence electrons. The number of aromatic nitrogens is 4. The molecule has 2 aromatic heterocycles. The Balaban J connectivity index is 2.08. The molecule has 0 saturated carbocycles. The first-order valence-electron chi connectivity index (χ1n) is 5.27. The fourth-order valence-electron chi connectivity index (χ4n) is 1.67. The maximum absolute atomic E-state index is 12.2. The van der Waals surface area contributed by atoms with Crippen LogP contribution in [-0.2, 0) is 6.54 Å². The minimum Gasteiger partial charge on any atom is -0.375 e. The van der Waals surface area contributed by atoms with Gasteiger partial charge >= 0.3 is 0 Å². The lowest BCUT2D eigenvalue weighted by Crippen LogP contribution is -2.24. The van der Waals surface area contributed by atoms with Crippen LogP contribution in [0.15, 0.2) is 35.3 Å². The summed E-state index contributed by atoms with van der Waals surface area (Å²) in [6.07, 6.45) is 1.64. The van der Waals surface area contributed by atoms with Crippen LogP contribution in [0.4, 0.5) is 5.13 Å². The zero-order valence-electron chi connectivity index (χ0n) is 9.28. The van der Waals surface area contributed by atoms with Gasteiger partial charge < -0.3 is 5.73 Å². The molecule has 0 atom stereocenters. The first-order valence-corrected chi connectivity index (χ1v) is 6.08. The monoisotopic (exact) mass is 259 g/mol. The summed E-state index contributed by atoms with van der Waals surface area (Å²) in [5.41, 5.74) is 5.98. The van der Waals surface area contributed by atoms with Crippen LogP contribution in [0.25, 0.3) is 10.9 Å². The second kappa shape index (κ2) is 4.19. The number of hydrogen-bond acceptors (Lipinski definition) is 6. The van der Waals surface area contributed by atoms with Crippen molar-refractivity contribution in [1.29, 1.82) is 0 Å². The Labute approximate surface area is 106 Å². The largest absolute Gasteiger partial charge is 0.375 e. The van der Waals surface area contributed by atoms with Gasteiger partial charge in [-0.2, -0.15) is 0 Å². The van der Waals surface area contributed by atoms with Crippen LogP contribution in [0, 0.1) is 0 Å². The van der Waals surface area contributed by atoms with Crippen molar-refractivity contribution in [3.05, 3.63) is 45.7 Å². The molecule has 18 heavy (non-hydrogen) atoms. The van der Waals surface area contributed by atoms with Crippen molar-refractivity contribution in [2.24, 2.45) is 0 Å². The van der Waals surface area contributed by atoms with Crippen LogP contribution in [0.5, 0.6) is 0 Å². The third-order valence-electron chi connectivity index (χ3n) is 2.51. The molecule has 2 heterocycles. The molecule has 0 aliphatic carbocycles. The van der Waals surface area contributed by atoms with Gasteiger partial charge in [-0.25, -0.2) is 9.67 Å². The zero-order chi connectivity index (χ0) is 12.5. The predicted molar refractivity (Wildman–Crippen MR) is 69.4 cm³/mol. The molecule has 0 spiro atoms. The first-order chi connectivity index (χ1) is 8.74. The fourth-order valence-corrected chi connectivity index (χ4v) is 2.34. The van der Waals surface area contributed by atoms with E-state index < -0.39 is 0 Å². The summed E-state index contributed by atoms with van der Waals surface area (Å²) in [5, 5.41) is 8.95. The van der Waals surface area contributed by atoms with Gasteiger partial charge in [0.15, 0.2) is 5.13 Å². The SMILES string of the molecule is Nc1ncc(Cn2nnc3ccccc3c2=O)s1. The molecule has 0 aliphatic heterocycles. The molecule has 3 aromatic rings. The quantitative estimate of drug-likeness (QED) is 0.738. The van der Waals surface area contributed by atoms with E-state index in [4.69, 9.17) is 5.73 Å². The van der Waals surface area contributed by atoms with Crippen molar-refractivity contribution in [2.45, 2.75) is 6.54 Å². The van der Waals surface area contributed by atoms with Gasteiger partial charge in [0.1, 0.15) is 5.52 Å². The fraction of sp³-hybridized carbons (Fsp3) is 0.0909. The Kier molecular flexibility index (Phi) is 2.52. The third kappa shape index (κ3) is 1.84. The molecule has 7 heteroatoms. The van der Waals surface area contributed by atoms with E-state index in [-0.39, 0.29) is 5.56 Å². The summed E-state index contributed by atoms with van der Waals surface area (Å²) in [5.74, 6) is 0. The molecular formula is C11H9N5OS. The van der Waals surface area contributed by atoms with Crippen molar-refractivity contribution < 1.29 is 0 Å². The third-order valence-corrected chi connectivity index (χ3v) is 3.32. The molecule has 0 unspecified atom stereocenters. The summed E-state index contributed by atoms with van der Waals surface area (Å²) < 4.78 is 1.31. The minimum absolute atomic E-state index is 0.160. The lowest BCUT2D eigenvalue weighted by Gasteiger charge is -2.02. The number of hydrogen-bond donors (Lipinski definition) is 1. The van der Waals surface area contributed by atoms with Gasteiger partial charge in [0, 0.05) is 11.1 Å². The molecule has 1 aromatic carbocycles. The topological polar surface area (TPSA) is 86.7 Å². The van der Waals surface area contributed by atoms with Gasteiger partial charge in [0.2, 0.25) is 0 Å². The molecule has 0 saturated heterocycles. The number of anilines is 1. The number of fused-ring (bicyclic) bond motifs is 1. The van der Waals surface area contributed by atoms with Crippen LogP contribution in [-0.4, -0.2) is 20.0 Å². The number of nitrogens with two attached hydrogens (primary N) is 1. The van der Waals surface area contributed by atoms with Crippen molar-refractivity contribution in [3.8, 4) is 0 Å². The van der Waals surface area contributed by atoms with Crippen LogP contribution >= 0.6 is 11.3 Å². The molecule has 0 fully saturated rings. The number of benzene rings is 1. The molecule has 0 radical (unpaired) electrons. The predicted octanol–water partition coefficient (Wildman–Crippen LogP) is 0.878. The number of rotatable bonds is 2. The summed E-state index contributed by atoms with van der Waals surface area (Å²) >= 11 is 1.34. The number of nitrogen functional groups attached to an aromatic ring is 1. The van der Waals surface area contributed by atoms with E-state index in [1.54, 1.807) is 24.4 Å². The Bertz CT molecular complexity index is 763. The Morgan fingerprint density at radius 2 is 2.17 bits per heavy atom. The summed E-state index contributed by atoms with van der Waals surface area (Å²) in [4.78, 5) is 17.0. The van der Waals surface area contributed by atoms with Crippen LogP contribution < -0.4 is 11.3 Å². The maximum atomic E-state index is 12.2. The normalized spacial score (nSPS) is 10.9. The van der Waals surface area contributed by atoms with E-state index >= 15 is 0 Å². The smallest absolute Gasteiger partial charge is 0.277 e. The Hall–Kier alpha value is -2.28. The van der Waals surface area contributed by atoms with Gasteiger partial charge in [-0.05, 0) is 12.1 Å². The number of nitrogens with zero attached hydrogens (tertiary/aromatic N) is 4. The standard InChI is InChI=1S/C11H9N5OS/c12-11-13-5-7(18-11)6-16-10(17)8-3-1-2-4-9(8)14-15-16/h1-5H,6H2,(H2,12,13). The average molecular weight is 259 g/mol. The minimum atomic E-state index is -0.160. The highest BCUT2D eigenvalue weighted by Crippen LogP contribution is 2.14. The second-order valence-corrected chi connectivity index (χ2v) is 4.88.